The summed E-state index contributed by atoms with van der Waals surface area (Å²) in [6, 6.07) is 4.56. The number of carbonyl (C=O) groups excluding carboxylic acids is 1. The molecule has 2 aromatic rings. The van der Waals surface area contributed by atoms with E-state index in [9.17, 15) is 18.0 Å². The lowest BCUT2D eigenvalue weighted by molar-refractivity contribution is -0.137. The Morgan fingerprint density at radius 3 is 2.64 bits per heavy atom. The molecule has 1 aromatic heterocycles. The number of halogens is 3. The minimum absolute atomic E-state index is 0.0685. The maximum atomic E-state index is 12.7. The molecule has 1 unspecified atom stereocenters. The van der Waals surface area contributed by atoms with Gasteiger partial charge in [0.1, 0.15) is 11.9 Å². The third-order valence-corrected chi connectivity index (χ3v) is 4.36. The van der Waals surface area contributed by atoms with Gasteiger partial charge in [0, 0.05) is 39.1 Å². The van der Waals surface area contributed by atoms with Gasteiger partial charge in [0.05, 0.1) is 12.0 Å². The Morgan fingerprint density at radius 2 is 2.04 bits per heavy atom. The predicted molar refractivity (Wildman–Crippen MR) is 85.7 cm³/mol. The van der Waals surface area contributed by atoms with Gasteiger partial charge >= 0.3 is 6.18 Å². The summed E-state index contributed by atoms with van der Waals surface area (Å²) >= 11 is 0. The van der Waals surface area contributed by atoms with Gasteiger partial charge in [0.2, 0.25) is 5.91 Å². The highest BCUT2D eigenvalue weighted by molar-refractivity contribution is 5.79. The van der Waals surface area contributed by atoms with E-state index in [-0.39, 0.29) is 18.4 Å². The van der Waals surface area contributed by atoms with E-state index in [0.29, 0.717) is 25.2 Å². The fourth-order valence-corrected chi connectivity index (χ4v) is 3.02. The summed E-state index contributed by atoms with van der Waals surface area (Å²) in [5, 5.41) is 3.25. The maximum absolute atomic E-state index is 12.7. The first-order chi connectivity index (χ1) is 11.9. The highest BCUT2D eigenvalue weighted by Crippen LogP contribution is 2.29. The Bertz CT molecular complexity index is 739. The van der Waals surface area contributed by atoms with E-state index in [0.717, 1.165) is 18.0 Å². The van der Waals surface area contributed by atoms with Crippen LogP contribution in [0.25, 0.3) is 0 Å². The zero-order valence-corrected chi connectivity index (χ0v) is 13.8. The zero-order chi connectivity index (χ0) is 18.0. The molecule has 0 bridgehead atoms. The van der Waals surface area contributed by atoms with Gasteiger partial charge in [-0.2, -0.15) is 13.2 Å². The molecule has 1 saturated heterocycles. The van der Waals surface area contributed by atoms with E-state index in [1.54, 1.807) is 11.1 Å². The van der Waals surface area contributed by atoms with Gasteiger partial charge in [-0.15, -0.1) is 0 Å². The van der Waals surface area contributed by atoms with Crippen LogP contribution >= 0.6 is 0 Å². The molecule has 0 saturated carbocycles. The Hall–Kier alpha value is -2.35. The van der Waals surface area contributed by atoms with Gasteiger partial charge in [0.15, 0.2) is 0 Å². The third-order valence-electron chi connectivity index (χ3n) is 4.36. The van der Waals surface area contributed by atoms with Crippen molar-refractivity contribution in [1.29, 1.82) is 0 Å². The number of aromatic nitrogens is 2. The molecular formula is C17H19F3N4O. The second-order valence-electron chi connectivity index (χ2n) is 6.07. The molecule has 5 nitrogen and oxygen atoms in total. The Labute approximate surface area is 143 Å². The van der Waals surface area contributed by atoms with E-state index in [1.807, 2.05) is 17.8 Å². The molecule has 1 aliphatic rings. The number of carbonyl (C=O) groups is 1. The molecule has 0 radical (unpaired) electrons. The quantitative estimate of drug-likeness (QED) is 0.921. The van der Waals surface area contributed by atoms with Crippen molar-refractivity contribution in [3.63, 3.8) is 0 Å². The minimum Gasteiger partial charge on any atom is -0.336 e. The van der Waals surface area contributed by atoms with Crippen molar-refractivity contribution in [2.45, 2.75) is 18.6 Å². The lowest BCUT2D eigenvalue weighted by Gasteiger charge is -2.35. The maximum Gasteiger partial charge on any atom is 0.416 e. The van der Waals surface area contributed by atoms with Crippen LogP contribution in [0.3, 0.4) is 0 Å². The lowest BCUT2D eigenvalue weighted by Crippen LogP contribution is -2.49. The molecule has 1 atom stereocenters. The first-order valence-electron chi connectivity index (χ1n) is 8.00. The number of imidazole rings is 1. The summed E-state index contributed by atoms with van der Waals surface area (Å²) in [4.78, 5) is 18.8. The van der Waals surface area contributed by atoms with E-state index in [1.165, 1.54) is 12.1 Å². The highest BCUT2D eigenvalue weighted by Gasteiger charge is 2.31. The van der Waals surface area contributed by atoms with E-state index in [4.69, 9.17) is 0 Å². The average molecular weight is 352 g/mol. The van der Waals surface area contributed by atoms with Crippen molar-refractivity contribution >= 4 is 5.91 Å². The molecule has 1 aromatic carbocycles. The van der Waals surface area contributed by atoms with E-state index in [2.05, 4.69) is 10.3 Å². The number of nitrogens with one attached hydrogen (secondary N) is 1. The van der Waals surface area contributed by atoms with Crippen molar-refractivity contribution in [1.82, 2.24) is 19.8 Å². The molecule has 1 amide bonds. The number of hydrogen-bond acceptors (Lipinski definition) is 3. The monoisotopic (exact) mass is 352 g/mol. The lowest BCUT2D eigenvalue weighted by atomic mass is 10.1. The topological polar surface area (TPSA) is 50.2 Å². The second kappa shape index (κ2) is 6.87. The number of nitrogens with zero attached hydrogens (tertiary/aromatic N) is 3. The molecule has 25 heavy (non-hydrogen) atoms. The molecule has 1 fully saturated rings. The standard InChI is InChI=1S/C17H19F3N4O/c1-23-8-7-22-16(23)14-11-21-6-9-24(14)15(25)10-12-2-4-13(5-3-12)17(18,19)20/h2-5,7-8,14,21H,6,9-11H2,1H3. The van der Waals surface area contributed by atoms with Crippen LogP contribution in [0.4, 0.5) is 13.2 Å². The SMILES string of the molecule is Cn1ccnc1C1CNCCN1C(=O)Cc1ccc(C(F)(F)F)cc1. The van der Waals surface area contributed by atoms with Gasteiger partial charge in [0.25, 0.3) is 0 Å². The van der Waals surface area contributed by atoms with Gasteiger partial charge in [-0.3, -0.25) is 4.79 Å². The molecular weight excluding hydrogens is 333 g/mol. The summed E-state index contributed by atoms with van der Waals surface area (Å²) < 4.78 is 39.8. The van der Waals surface area contributed by atoms with Crippen LogP contribution in [0.2, 0.25) is 0 Å². The number of alkyl halides is 3. The Balaban J connectivity index is 1.74. The van der Waals surface area contributed by atoms with Crippen LogP contribution in [0.15, 0.2) is 36.7 Å². The fourth-order valence-electron chi connectivity index (χ4n) is 3.02. The Kier molecular flexibility index (Phi) is 4.80. The summed E-state index contributed by atoms with van der Waals surface area (Å²) in [5.41, 5.74) is -0.146. The normalized spacial score (nSPS) is 18.4. The summed E-state index contributed by atoms with van der Waals surface area (Å²) in [7, 11) is 1.87. The minimum atomic E-state index is -4.37. The Morgan fingerprint density at radius 1 is 1.32 bits per heavy atom. The molecule has 0 aliphatic carbocycles. The third kappa shape index (κ3) is 3.84. The highest BCUT2D eigenvalue weighted by atomic mass is 19.4. The van der Waals surface area contributed by atoms with Gasteiger partial charge in [-0.1, -0.05) is 12.1 Å². The van der Waals surface area contributed by atoms with Crippen LogP contribution in [-0.4, -0.2) is 40.0 Å². The van der Waals surface area contributed by atoms with E-state index >= 15 is 0 Å². The van der Waals surface area contributed by atoms with Crippen molar-refractivity contribution in [3.8, 4) is 0 Å². The average Bonchev–Trinajstić information content (AvgIpc) is 3.00. The first-order valence-corrected chi connectivity index (χ1v) is 8.00. The van der Waals surface area contributed by atoms with Crippen LogP contribution in [0.5, 0.6) is 0 Å². The fraction of sp³-hybridized carbons (Fsp3) is 0.412. The molecule has 134 valence electrons. The van der Waals surface area contributed by atoms with Crippen molar-refractivity contribution in [2.75, 3.05) is 19.6 Å². The first kappa shape index (κ1) is 17.5. The van der Waals surface area contributed by atoms with Gasteiger partial charge in [-0.05, 0) is 17.7 Å². The zero-order valence-electron chi connectivity index (χ0n) is 13.8. The molecule has 2 heterocycles. The van der Waals surface area contributed by atoms with Crippen LogP contribution in [0.1, 0.15) is 23.0 Å². The molecule has 1 N–H and O–H groups in total. The predicted octanol–water partition coefficient (Wildman–Crippen LogP) is 2.15. The van der Waals surface area contributed by atoms with E-state index < -0.39 is 11.7 Å². The number of aryl methyl sites for hydroxylation is 1. The number of amides is 1. The summed E-state index contributed by atoms with van der Waals surface area (Å²) in [5.74, 6) is 0.669. The largest absolute Gasteiger partial charge is 0.416 e. The van der Waals surface area contributed by atoms with Gasteiger partial charge < -0.3 is 14.8 Å². The number of rotatable bonds is 3. The van der Waals surface area contributed by atoms with Crippen molar-refractivity contribution < 1.29 is 18.0 Å². The second-order valence-corrected chi connectivity index (χ2v) is 6.07. The molecule has 3 rings (SSSR count). The van der Waals surface area contributed by atoms with Crippen LogP contribution in [0, 0.1) is 0 Å². The van der Waals surface area contributed by atoms with Crippen LogP contribution in [-0.2, 0) is 24.4 Å². The smallest absolute Gasteiger partial charge is 0.336 e. The molecule has 8 heteroatoms. The summed E-state index contributed by atoms with van der Waals surface area (Å²) in [6.07, 6.45) is -0.797. The summed E-state index contributed by atoms with van der Waals surface area (Å²) in [6.45, 7) is 1.82. The van der Waals surface area contributed by atoms with Gasteiger partial charge in [-0.25, -0.2) is 4.98 Å². The number of piperazine rings is 1. The van der Waals surface area contributed by atoms with Crippen molar-refractivity contribution in [3.05, 3.63) is 53.6 Å². The van der Waals surface area contributed by atoms with Crippen molar-refractivity contribution in [2.24, 2.45) is 7.05 Å². The number of benzene rings is 1. The van der Waals surface area contributed by atoms with Crippen LogP contribution < -0.4 is 5.32 Å². The number of hydrogen-bond donors (Lipinski definition) is 1. The molecule has 1 aliphatic heterocycles. The molecule has 0 spiro atoms.